The molecule has 8 heteroatoms. The second-order valence-corrected chi connectivity index (χ2v) is 15.4. The van der Waals surface area contributed by atoms with Crippen molar-refractivity contribution in [2.75, 3.05) is 53.6 Å². The number of hydrogen-bond donors (Lipinski definition) is 0. The third-order valence-electron chi connectivity index (χ3n) is 9.77. The Bertz CT molecular complexity index is 848. The normalized spacial score (nSPS) is 11.6. The molecule has 0 atom stereocenters. The van der Waals surface area contributed by atoms with E-state index in [4.69, 9.17) is 14.2 Å². The predicted octanol–water partition coefficient (Wildman–Crippen LogP) is 12.5. The fraction of sp³-hybridized carbons (Fsp3) is 0.848. The lowest BCUT2D eigenvalue weighted by Crippen LogP contribution is -2.38. The largest absolute Gasteiger partial charge is 0.464 e. The Morgan fingerprint density at radius 3 is 1.13 bits per heavy atom. The predicted molar refractivity (Wildman–Crippen MR) is 227 cm³/mol. The first-order valence-electron chi connectivity index (χ1n) is 22.6. The number of allylic oxidation sites excluding steroid dienone is 4. The van der Waals surface area contributed by atoms with Crippen molar-refractivity contribution < 1.29 is 28.6 Å². The zero-order valence-electron chi connectivity index (χ0n) is 35.9. The number of amides is 1. The molecule has 0 heterocycles. The SMILES string of the molecule is CCCCCCCC/C=C\CCCCCCCC(=O)OCCN(CCOC(=O)CCCCCCC/C=C\CCCCCCCC)C(=O)OCCCN(C)C. The molecule has 0 radical (unpaired) electrons. The van der Waals surface area contributed by atoms with Crippen LogP contribution >= 0.6 is 0 Å². The van der Waals surface area contributed by atoms with Gasteiger partial charge in [-0.1, -0.05) is 141 Å². The van der Waals surface area contributed by atoms with Crippen LogP contribution in [0, 0.1) is 0 Å². The molecule has 0 aliphatic carbocycles. The number of carbonyl (C=O) groups is 3. The van der Waals surface area contributed by atoms with E-state index in [0.717, 1.165) is 64.3 Å². The molecule has 0 fully saturated rings. The third kappa shape index (κ3) is 39.3. The summed E-state index contributed by atoms with van der Waals surface area (Å²) in [7, 11) is 3.95. The number of nitrogens with zero attached hydrogens (tertiary/aromatic N) is 2. The van der Waals surface area contributed by atoms with Gasteiger partial charge < -0.3 is 24.0 Å². The molecule has 1 amide bonds. The van der Waals surface area contributed by atoms with Crippen LogP contribution in [-0.4, -0.2) is 81.4 Å². The van der Waals surface area contributed by atoms with Crippen molar-refractivity contribution in [3.63, 3.8) is 0 Å². The van der Waals surface area contributed by atoms with E-state index in [1.54, 1.807) is 0 Å². The van der Waals surface area contributed by atoms with Crippen molar-refractivity contribution in [2.24, 2.45) is 0 Å². The van der Waals surface area contributed by atoms with Gasteiger partial charge >= 0.3 is 18.0 Å². The number of ether oxygens (including phenoxy) is 3. The Balaban J connectivity index is 4.11. The molecule has 0 bridgehead atoms. The summed E-state index contributed by atoms with van der Waals surface area (Å²) in [6.45, 7) is 6.24. The van der Waals surface area contributed by atoms with Crippen LogP contribution in [0.2, 0.25) is 0 Å². The van der Waals surface area contributed by atoms with Crippen molar-refractivity contribution in [1.82, 2.24) is 9.80 Å². The molecule has 0 aliphatic rings. The van der Waals surface area contributed by atoms with Crippen LogP contribution in [0.1, 0.15) is 200 Å². The molecule has 8 nitrogen and oxygen atoms in total. The van der Waals surface area contributed by atoms with Gasteiger partial charge in [0.1, 0.15) is 13.2 Å². The Hall–Kier alpha value is -2.35. The van der Waals surface area contributed by atoms with Gasteiger partial charge in [0.15, 0.2) is 0 Å². The molecule has 0 N–H and O–H groups in total. The minimum Gasteiger partial charge on any atom is -0.464 e. The first-order valence-corrected chi connectivity index (χ1v) is 22.6. The summed E-state index contributed by atoms with van der Waals surface area (Å²) >= 11 is 0. The molecular weight excluding hydrogens is 677 g/mol. The van der Waals surface area contributed by atoms with Crippen molar-refractivity contribution in [3.05, 3.63) is 24.3 Å². The lowest BCUT2D eigenvalue weighted by Gasteiger charge is -2.22. The second-order valence-electron chi connectivity index (χ2n) is 15.4. The number of carbonyl (C=O) groups excluding carboxylic acids is 3. The van der Waals surface area contributed by atoms with E-state index in [-0.39, 0.29) is 38.2 Å². The van der Waals surface area contributed by atoms with Crippen LogP contribution in [0.25, 0.3) is 0 Å². The summed E-state index contributed by atoms with van der Waals surface area (Å²) in [5.41, 5.74) is 0. The first kappa shape index (κ1) is 51.6. The molecule has 54 heavy (non-hydrogen) atoms. The summed E-state index contributed by atoms with van der Waals surface area (Å²) in [4.78, 5) is 41.0. The number of hydrogen-bond acceptors (Lipinski definition) is 7. The van der Waals surface area contributed by atoms with Gasteiger partial charge in [0.2, 0.25) is 0 Å². The molecule has 316 valence electrons. The first-order chi connectivity index (χ1) is 26.4. The van der Waals surface area contributed by atoms with Crippen LogP contribution in [0.15, 0.2) is 24.3 Å². The van der Waals surface area contributed by atoms with Crippen molar-refractivity contribution >= 4 is 18.0 Å². The Morgan fingerprint density at radius 1 is 0.407 bits per heavy atom. The van der Waals surface area contributed by atoms with Crippen LogP contribution in [0.4, 0.5) is 4.79 Å². The summed E-state index contributed by atoms with van der Waals surface area (Å²) < 4.78 is 16.4. The average Bonchev–Trinajstić information content (AvgIpc) is 3.15. The number of unbranched alkanes of at least 4 members (excludes halogenated alkanes) is 22. The van der Waals surface area contributed by atoms with Crippen LogP contribution in [-0.2, 0) is 23.8 Å². The van der Waals surface area contributed by atoms with Crippen molar-refractivity contribution in [1.29, 1.82) is 0 Å². The maximum Gasteiger partial charge on any atom is 0.409 e. The number of esters is 2. The minimum atomic E-state index is -0.477. The maximum absolute atomic E-state index is 12.8. The van der Waals surface area contributed by atoms with E-state index < -0.39 is 6.09 Å². The standard InChI is InChI=1S/C46H86N2O6/c1-5-7-9-11-13-15-17-19-21-23-25-27-29-31-33-36-44(49)52-42-39-48(46(51)54-41-35-38-47(3)4)40-43-53-45(50)37-34-32-30-28-26-24-22-20-18-16-14-12-10-8-6-2/h19-22H,5-18,23-43H2,1-4H3/b21-19-,22-20-. The zero-order valence-corrected chi connectivity index (χ0v) is 35.9. The molecule has 0 saturated heterocycles. The zero-order chi connectivity index (χ0) is 39.6. The van der Waals surface area contributed by atoms with E-state index in [1.165, 1.54) is 120 Å². The highest BCUT2D eigenvalue weighted by Crippen LogP contribution is 2.12. The topological polar surface area (TPSA) is 85.4 Å². The lowest BCUT2D eigenvalue weighted by molar-refractivity contribution is -0.144. The minimum absolute atomic E-state index is 0.0968. The monoisotopic (exact) mass is 763 g/mol. The van der Waals surface area contributed by atoms with Gasteiger partial charge in [0, 0.05) is 19.4 Å². The molecule has 0 rings (SSSR count). The Morgan fingerprint density at radius 2 is 0.759 bits per heavy atom. The maximum atomic E-state index is 12.8. The molecule has 0 spiro atoms. The average molecular weight is 763 g/mol. The van der Waals surface area contributed by atoms with Gasteiger partial charge in [-0.2, -0.15) is 0 Å². The van der Waals surface area contributed by atoms with E-state index in [1.807, 2.05) is 19.0 Å². The van der Waals surface area contributed by atoms with Crippen LogP contribution < -0.4 is 0 Å². The van der Waals surface area contributed by atoms with Crippen molar-refractivity contribution in [3.8, 4) is 0 Å². The fourth-order valence-electron chi connectivity index (χ4n) is 6.29. The molecule has 0 aliphatic heterocycles. The summed E-state index contributed by atoms with van der Waals surface area (Å²) in [5, 5.41) is 0. The smallest absolute Gasteiger partial charge is 0.409 e. The molecule has 0 aromatic rings. The van der Waals surface area contributed by atoms with Gasteiger partial charge in [-0.3, -0.25) is 9.59 Å². The molecule has 0 saturated carbocycles. The lowest BCUT2D eigenvalue weighted by atomic mass is 10.1. The molecule has 0 aromatic heterocycles. The molecular formula is C46H86N2O6. The van der Waals surface area contributed by atoms with Crippen LogP contribution in [0.3, 0.4) is 0 Å². The molecule has 0 aromatic carbocycles. The number of rotatable bonds is 40. The van der Waals surface area contributed by atoms with Gasteiger partial charge in [-0.25, -0.2) is 4.79 Å². The Kier molecular flexibility index (Phi) is 40.0. The summed E-state index contributed by atoms with van der Waals surface area (Å²) in [6.07, 6.45) is 41.9. The summed E-state index contributed by atoms with van der Waals surface area (Å²) in [6, 6.07) is 0. The third-order valence-corrected chi connectivity index (χ3v) is 9.77. The highest BCUT2D eigenvalue weighted by Gasteiger charge is 2.17. The summed E-state index contributed by atoms with van der Waals surface area (Å²) in [5.74, 6) is -0.475. The highest BCUT2D eigenvalue weighted by molar-refractivity contribution is 5.70. The quantitative estimate of drug-likeness (QED) is 0.0266. The van der Waals surface area contributed by atoms with Crippen molar-refractivity contribution in [2.45, 2.75) is 200 Å². The second kappa shape index (κ2) is 41.8. The highest BCUT2D eigenvalue weighted by atomic mass is 16.6. The van der Waals surface area contributed by atoms with Gasteiger partial charge in [-0.05, 0) is 84.7 Å². The van der Waals surface area contributed by atoms with E-state index >= 15 is 0 Å². The van der Waals surface area contributed by atoms with Crippen LogP contribution in [0.5, 0.6) is 0 Å². The van der Waals surface area contributed by atoms with Gasteiger partial charge in [0.25, 0.3) is 0 Å². The fourth-order valence-corrected chi connectivity index (χ4v) is 6.29. The van der Waals surface area contributed by atoms with Gasteiger partial charge in [0.05, 0.1) is 19.7 Å². The van der Waals surface area contributed by atoms with Gasteiger partial charge in [-0.15, -0.1) is 0 Å². The van der Waals surface area contributed by atoms with E-state index in [2.05, 4.69) is 38.2 Å². The Labute approximate surface area is 333 Å². The molecule has 0 unspecified atom stereocenters. The van der Waals surface area contributed by atoms with E-state index in [0.29, 0.717) is 19.4 Å². The van der Waals surface area contributed by atoms with E-state index in [9.17, 15) is 14.4 Å².